The highest BCUT2D eigenvalue weighted by Gasteiger charge is 2.10. The third kappa shape index (κ3) is 2.01. The molecule has 0 unspecified atom stereocenters. The van der Waals surface area contributed by atoms with Crippen molar-refractivity contribution in [1.82, 2.24) is 0 Å². The van der Waals surface area contributed by atoms with Crippen molar-refractivity contribution in [3.05, 3.63) is 35.6 Å². The summed E-state index contributed by atoms with van der Waals surface area (Å²) in [5.74, 6) is 1.03. The predicted octanol–water partition coefficient (Wildman–Crippen LogP) is 3.98. The number of carbonyl (C=O) groups is 1. The van der Waals surface area contributed by atoms with Gasteiger partial charge in [0.1, 0.15) is 11.3 Å². The largest absolute Gasteiger partial charge is 0.460 e. The molecule has 0 radical (unpaired) electrons. The van der Waals surface area contributed by atoms with Gasteiger partial charge in [-0.1, -0.05) is 25.5 Å². The third-order valence-corrected chi connectivity index (χ3v) is 2.75. The fourth-order valence-corrected chi connectivity index (χ4v) is 1.87. The molecule has 0 amide bonds. The summed E-state index contributed by atoms with van der Waals surface area (Å²) in [7, 11) is 0. The Kier molecular flexibility index (Phi) is 3.09. The zero-order valence-corrected chi connectivity index (χ0v) is 9.75. The molecule has 0 atom stereocenters. The van der Waals surface area contributed by atoms with Crippen molar-refractivity contribution in [2.24, 2.45) is 0 Å². The Morgan fingerprint density at radius 1 is 1.38 bits per heavy atom. The van der Waals surface area contributed by atoms with Gasteiger partial charge in [-0.25, -0.2) is 0 Å². The Morgan fingerprint density at radius 2 is 2.19 bits per heavy atom. The lowest BCUT2D eigenvalue weighted by atomic mass is 10.1. The third-order valence-electron chi connectivity index (χ3n) is 2.75. The predicted molar refractivity (Wildman–Crippen MR) is 64.8 cm³/mol. The summed E-state index contributed by atoms with van der Waals surface area (Å²) in [6.07, 6.45) is 3.22. The molecular formula is C14H16O2. The SMILES string of the molecule is CCCCc1cc2cccc(C(C)=O)c2o1. The van der Waals surface area contributed by atoms with Crippen molar-refractivity contribution in [3.63, 3.8) is 0 Å². The van der Waals surface area contributed by atoms with E-state index < -0.39 is 0 Å². The molecule has 2 aromatic rings. The molecule has 84 valence electrons. The number of benzene rings is 1. The normalized spacial score (nSPS) is 10.9. The Balaban J connectivity index is 2.44. The Bertz CT molecular complexity index is 508. The molecule has 0 fully saturated rings. The summed E-state index contributed by atoms with van der Waals surface area (Å²) in [6, 6.07) is 7.74. The van der Waals surface area contributed by atoms with Gasteiger partial charge in [-0.05, 0) is 25.5 Å². The lowest BCUT2D eigenvalue weighted by Crippen LogP contribution is -1.91. The molecule has 1 aromatic heterocycles. The van der Waals surface area contributed by atoms with E-state index in [9.17, 15) is 4.79 Å². The maximum absolute atomic E-state index is 11.4. The molecule has 0 bridgehead atoms. The van der Waals surface area contributed by atoms with Crippen molar-refractivity contribution >= 4 is 16.8 Å². The number of carbonyl (C=O) groups excluding carboxylic acids is 1. The van der Waals surface area contributed by atoms with Crippen LogP contribution < -0.4 is 0 Å². The van der Waals surface area contributed by atoms with E-state index in [1.54, 1.807) is 6.92 Å². The lowest BCUT2D eigenvalue weighted by Gasteiger charge is -1.96. The summed E-state index contributed by atoms with van der Waals surface area (Å²) in [5.41, 5.74) is 1.42. The molecule has 1 heterocycles. The standard InChI is InChI=1S/C14H16O2/c1-3-4-7-12-9-11-6-5-8-13(10(2)15)14(11)16-12/h5-6,8-9H,3-4,7H2,1-2H3. The van der Waals surface area contributed by atoms with Gasteiger partial charge >= 0.3 is 0 Å². The number of hydrogen-bond donors (Lipinski definition) is 0. The van der Waals surface area contributed by atoms with Crippen LogP contribution in [0, 0.1) is 0 Å². The molecule has 1 aromatic carbocycles. The topological polar surface area (TPSA) is 30.2 Å². The molecule has 16 heavy (non-hydrogen) atoms. The zero-order valence-electron chi connectivity index (χ0n) is 9.75. The van der Waals surface area contributed by atoms with Gasteiger partial charge in [-0.15, -0.1) is 0 Å². The van der Waals surface area contributed by atoms with Crippen LogP contribution in [-0.4, -0.2) is 5.78 Å². The molecule has 0 aliphatic carbocycles. The van der Waals surface area contributed by atoms with Crippen molar-refractivity contribution in [1.29, 1.82) is 0 Å². The van der Waals surface area contributed by atoms with E-state index in [0.29, 0.717) is 5.56 Å². The number of rotatable bonds is 4. The first-order valence-corrected chi connectivity index (χ1v) is 5.74. The molecule has 2 rings (SSSR count). The van der Waals surface area contributed by atoms with Crippen molar-refractivity contribution in [3.8, 4) is 0 Å². The highest BCUT2D eigenvalue weighted by atomic mass is 16.3. The average molecular weight is 216 g/mol. The summed E-state index contributed by atoms with van der Waals surface area (Å²) in [5, 5.41) is 1.03. The van der Waals surface area contributed by atoms with Crippen LogP contribution in [0.2, 0.25) is 0 Å². The van der Waals surface area contributed by atoms with E-state index in [0.717, 1.165) is 36.0 Å². The van der Waals surface area contributed by atoms with Gasteiger partial charge < -0.3 is 4.42 Å². The minimum atomic E-state index is 0.0574. The maximum atomic E-state index is 11.4. The van der Waals surface area contributed by atoms with E-state index in [4.69, 9.17) is 4.42 Å². The number of Topliss-reactive ketones (excluding diaryl/α,β-unsaturated/α-hetero) is 1. The number of para-hydroxylation sites is 1. The van der Waals surface area contributed by atoms with Gasteiger partial charge in [-0.3, -0.25) is 4.79 Å². The van der Waals surface area contributed by atoms with Crippen LogP contribution in [0.25, 0.3) is 11.0 Å². The van der Waals surface area contributed by atoms with Crippen LogP contribution in [0.5, 0.6) is 0 Å². The van der Waals surface area contributed by atoms with E-state index in [1.807, 2.05) is 24.3 Å². The van der Waals surface area contributed by atoms with Crippen molar-refractivity contribution < 1.29 is 9.21 Å². The molecule has 0 aliphatic heterocycles. The van der Waals surface area contributed by atoms with Crippen molar-refractivity contribution in [2.45, 2.75) is 33.1 Å². The quantitative estimate of drug-likeness (QED) is 0.723. The monoisotopic (exact) mass is 216 g/mol. The summed E-state index contributed by atoms with van der Waals surface area (Å²) in [4.78, 5) is 11.4. The van der Waals surface area contributed by atoms with Crippen LogP contribution in [0.4, 0.5) is 0 Å². The van der Waals surface area contributed by atoms with E-state index >= 15 is 0 Å². The first-order valence-electron chi connectivity index (χ1n) is 5.74. The van der Waals surface area contributed by atoms with Gasteiger partial charge in [0.25, 0.3) is 0 Å². The number of ketones is 1. The van der Waals surface area contributed by atoms with Gasteiger partial charge in [-0.2, -0.15) is 0 Å². The molecule has 2 nitrogen and oxygen atoms in total. The summed E-state index contributed by atoms with van der Waals surface area (Å²) >= 11 is 0. The lowest BCUT2D eigenvalue weighted by molar-refractivity contribution is 0.101. The van der Waals surface area contributed by atoms with Crippen LogP contribution in [0.3, 0.4) is 0 Å². The van der Waals surface area contributed by atoms with Crippen LogP contribution >= 0.6 is 0 Å². The molecule has 0 spiro atoms. The van der Waals surface area contributed by atoms with Crippen LogP contribution in [0.15, 0.2) is 28.7 Å². The van der Waals surface area contributed by atoms with Crippen molar-refractivity contribution in [2.75, 3.05) is 0 Å². The zero-order chi connectivity index (χ0) is 11.5. The number of aryl methyl sites for hydroxylation is 1. The minimum Gasteiger partial charge on any atom is -0.460 e. The highest BCUT2D eigenvalue weighted by Crippen LogP contribution is 2.24. The van der Waals surface area contributed by atoms with Crippen LogP contribution in [0.1, 0.15) is 42.8 Å². The van der Waals surface area contributed by atoms with Crippen LogP contribution in [-0.2, 0) is 6.42 Å². The number of fused-ring (bicyclic) bond motifs is 1. The number of unbranched alkanes of at least 4 members (excludes halogenated alkanes) is 1. The molecule has 0 N–H and O–H groups in total. The van der Waals surface area contributed by atoms with Gasteiger partial charge in [0.2, 0.25) is 0 Å². The summed E-state index contributed by atoms with van der Waals surface area (Å²) in [6.45, 7) is 3.73. The van der Waals surface area contributed by atoms with E-state index in [2.05, 4.69) is 6.92 Å². The smallest absolute Gasteiger partial charge is 0.163 e. The Morgan fingerprint density at radius 3 is 2.88 bits per heavy atom. The average Bonchev–Trinajstić information content (AvgIpc) is 2.68. The van der Waals surface area contributed by atoms with Gasteiger partial charge in [0.15, 0.2) is 5.78 Å². The first kappa shape index (κ1) is 10.9. The molecule has 0 saturated heterocycles. The Hall–Kier alpha value is -1.57. The Labute approximate surface area is 95.3 Å². The molecule has 2 heteroatoms. The maximum Gasteiger partial charge on any atom is 0.163 e. The summed E-state index contributed by atoms with van der Waals surface area (Å²) < 4.78 is 5.74. The molecular weight excluding hydrogens is 200 g/mol. The second-order valence-electron chi connectivity index (χ2n) is 4.10. The minimum absolute atomic E-state index is 0.0574. The molecule has 0 saturated carbocycles. The van der Waals surface area contributed by atoms with Gasteiger partial charge in [0, 0.05) is 11.8 Å². The number of hydrogen-bond acceptors (Lipinski definition) is 2. The first-order chi connectivity index (χ1) is 7.72. The molecule has 0 aliphatic rings. The second kappa shape index (κ2) is 4.52. The fourth-order valence-electron chi connectivity index (χ4n) is 1.87. The highest BCUT2D eigenvalue weighted by molar-refractivity contribution is 6.04. The number of furan rings is 1. The fraction of sp³-hybridized carbons (Fsp3) is 0.357. The van der Waals surface area contributed by atoms with Gasteiger partial charge in [0.05, 0.1) is 5.56 Å². The second-order valence-corrected chi connectivity index (χ2v) is 4.10. The van der Waals surface area contributed by atoms with E-state index in [-0.39, 0.29) is 5.78 Å². The van der Waals surface area contributed by atoms with E-state index in [1.165, 1.54) is 0 Å².